The average Bonchev–Trinajstić information content (AvgIpc) is 3.46. The van der Waals surface area contributed by atoms with Gasteiger partial charge in [-0.25, -0.2) is 0 Å². The van der Waals surface area contributed by atoms with Crippen LogP contribution < -0.4 is 10.6 Å². The molecule has 26 heavy (non-hydrogen) atoms. The lowest BCUT2D eigenvalue weighted by Crippen LogP contribution is -2.49. The molecule has 1 heterocycles. The standard InChI is InChI=1S/C21H33BrN4/c1-4-23-20(25-16-11-13-26(14-12-16)17-9-10-17)24-15-21(2,3)18-7-5-6-8-19(18)22/h5-8,16-17H,4,9-15H2,1-3H3,(H2,23,24,25). The average molecular weight is 421 g/mol. The zero-order chi connectivity index (χ0) is 18.6. The molecule has 0 spiro atoms. The molecule has 0 unspecified atom stereocenters. The van der Waals surface area contributed by atoms with Crippen LogP contribution in [0.15, 0.2) is 33.7 Å². The molecule has 2 aliphatic rings. The number of halogens is 1. The molecule has 0 radical (unpaired) electrons. The van der Waals surface area contributed by atoms with Gasteiger partial charge in [-0.2, -0.15) is 0 Å². The summed E-state index contributed by atoms with van der Waals surface area (Å²) in [5, 5.41) is 7.10. The Labute approximate surface area is 167 Å². The second kappa shape index (κ2) is 8.75. The summed E-state index contributed by atoms with van der Waals surface area (Å²) >= 11 is 3.69. The Morgan fingerprint density at radius 1 is 1.19 bits per heavy atom. The second-order valence-electron chi connectivity index (χ2n) is 8.24. The number of hydrogen-bond donors (Lipinski definition) is 2. The molecule has 2 fully saturated rings. The highest BCUT2D eigenvalue weighted by Gasteiger charge is 2.32. The van der Waals surface area contributed by atoms with Gasteiger partial charge in [-0.05, 0) is 44.2 Å². The Morgan fingerprint density at radius 2 is 1.88 bits per heavy atom. The van der Waals surface area contributed by atoms with Gasteiger partial charge in [-0.1, -0.05) is 48.0 Å². The van der Waals surface area contributed by atoms with Crippen LogP contribution in [0.1, 0.15) is 52.0 Å². The molecule has 2 N–H and O–H groups in total. The topological polar surface area (TPSA) is 39.7 Å². The number of aliphatic imine (C=N–C) groups is 1. The number of nitrogens with one attached hydrogen (secondary N) is 2. The molecule has 144 valence electrons. The fourth-order valence-electron chi connectivity index (χ4n) is 3.73. The van der Waals surface area contributed by atoms with E-state index < -0.39 is 0 Å². The Balaban J connectivity index is 1.59. The summed E-state index contributed by atoms with van der Waals surface area (Å²) in [5.41, 5.74) is 1.29. The Morgan fingerprint density at radius 3 is 2.50 bits per heavy atom. The first-order chi connectivity index (χ1) is 12.5. The third-order valence-corrected chi connectivity index (χ3v) is 6.20. The van der Waals surface area contributed by atoms with Gasteiger partial charge in [0.2, 0.25) is 0 Å². The van der Waals surface area contributed by atoms with Crippen LogP contribution in [0.2, 0.25) is 0 Å². The maximum absolute atomic E-state index is 4.92. The number of piperidine rings is 1. The number of rotatable bonds is 6. The van der Waals surface area contributed by atoms with Crippen LogP contribution in [-0.2, 0) is 5.41 Å². The van der Waals surface area contributed by atoms with Crippen molar-refractivity contribution in [1.82, 2.24) is 15.5 Å². The molecule has 0 aromatic heterocycles. The normalized spacial score (nSPS) is 20.2. The van der Waals surface area contributed by atoms with Gasteiger partial charge < -0.3 is 15.5 Å². The molecule has 1 saturated carbocycles. The first-order valence-corrected chi connectivity index (χ1v) is 10.8. The summed E-state index contributed by atoms with van der Waals surface area (Å²) in [5.74, 6) is 0.956. The van der Waals surface area contributed by atoms with Crippen molar-refractivity contribution in [2.75, 3.05) is 26.2 Å². The quantitative estimate of drug-likeness (QED) is 0.541. The lowest BCUT2D eigenvalue weighted by Gasteiger charge is -2.33. The first-order valence-electron chi connectivity index (χ1n) is 10.0. The number of guanidine groups is 1. The van der Waals surface area contributed by atoms with Gasteiger partial charge in [-0.3, -0.25) is 4.99 Å². The van der Waals surface area contributed by atoms with E-state index in [-0.39, 0.29) is 5.41 Å². The highest BCUT2D eigenvalue weighted by atomic mass is 79.9. The van der Waals surface area contributed by atoms with Crippen LogP contribution in [0.5, 0.6) is 0 Å². The van der Waals surface area contributed by atoms with Crippen LogP contribution in [0.4, 0.5) is 0 Å². The van der Waals surface area contributed by atoms with Crippen molar-refractivity contribution >= 4 is 21.9 Å². The molecule has 4 nitrogen and oxygen atoms in total. The minimum Gasteiger partial charge on any atom is -0.357 e. The van der Waals surface area contributed by atoms with Crippen LogP contribution in [-0.4, -0.2) is 49.1 Å². The SMILES string of the molecule is CCNC(=NCC(C)(C)c1ccccc1Br)NC1CCN(C2CC2)CC1. The molecule has 3 rings (SSSR count). The van der Waals surface area contributed by atoms with Crippen molar-refractivity contribution in [3.8, 4) is 0 Å². The van der Waals surface area contributed by atoms with Crippen LogP contribution in [0.25, 0.3) is 0 Å². The van der Waals surface area contributed by atoms with Gasteiger partial charge in [0.25, 0.3) is 0 Å². The van der Waals surface area contributed by atoms with Gasteiger partial charge in [0.15, 0.2) is 5.96 Å². The Kier molecular flexibility index (Phi) is 6.62. The molecule has 1 aromatic carbocycles. The molecule has 1 aliphatic carbocycles. The van der Waals surface area contributed by atoms with Gasteiger partial charge in [0, 0.05) is 41.6 Å². The van der Waals surface area contributed by atoms with Crippen LogP contribution >= 0.6 is 15.9 Å². The molecule has 0 bridgehead atoms. The fraction of sp³-hybridized carbons (Fsp3) is 0.667. The van der Waals surface area contributed by atoms with Crippen molar-refractivity contribution in [1.29, 1.82) is 0 Å². The summed E-state index contributed by atoms with van der Waals surface area (Å²) in [7, 11) is 0. The largest absolute Gasteiger partial charge is 0.357 e. The molecule has 0 amide bonds. The van der Waals surface area contributed by atoms with E-state index in [2.05, 4.69) is 76.5 Å². The zero-order valence-corrected chi connectivity index (χ0v) is 18.0. The highest BCUT2D eigenvalue weighted by molar-refractivity contribution is 9.10. The number of likely N-dealkylation sites (tertiary alicyclic amines) is 1. The molecule has 1 saturated heterocycles. The second-order valence-corrected chi connectivity index (χ2v) is 9.10. The minimum absolute atomic E-state index is 0.0161. The minimum atomic E-state index is -0.0161. The number of hydrogen-bond acceptors (Lipinski definition) is 2. The van der Waals surface area contributed by atoms with Gasteiger partial charge >= 0.3 is 0 Å². The van der Waals surface area contributed by atoms with Crippen molar-refractivity contribution in [3.63, 3.8) is 0 Å². The molecule has 1 aromatic rings. The maximum Gasteiger partial charge on any atom is 0.191 e. The maximum atomic E-state index is 4.92. The molecule has 0 atom stereocenters. The van der Waals surface area contributed by atoms with Crippen molar-refractivity contribution in [2.45, 2.75) is 64.0 Å². The van der Waals surface area contributed by atoms with Crippen LogP contribution in [0, 0.1) is 0 Å². The monoisotopic (exact) mass is 420 g/mol. The Bertz CT molecular complexity index is 616. The van der Waals surface area contributed by atoms with E-state index in [1.54, 1.807) is 0 Å². The number of benzene rings is 1. The zero-order valence-electron chi connectivity index (χ0n) is 16.4. The highest BCUT2D eigenvalue weighted by Crippen LogP contribution is 2.31. The van der Waals surface area contributed by atoms with E-state index in [4.69, 9.17) is 4.99 Å². The van der Waals surface area contributed by atoms with Gasteiger partial charge in [0.05, 0.1) is 6.54 Å². The van der Waals surface area contributed by atoms with Gasteiger partial charge in [-0.15, -0.1) is 0 Å². The lowest BCUT2D eigenvalue weighted by atomic mass is 9.85. The Hall–Kier alpha value is -1.07. The van der Waals surface area contributed by atoms with Crippen molar-refractivity contribution in [2.24, 2.45) is 4.99 Å². The molecule has 1 aliphatic heterocycles. The molecular weight excluding hydrogens is 388 g/mol. The van der Waals surface area contributed by atoms with E-state index in [1.807, 2.05) is 0 Å². The molecular formula is C21H33BrN4. The van der Waals surface area contributed by atoms with E-state index in [9.17, 15) is 0 Å². The van der Waals surface area contributed by atoms with Crippen molar-refractivity contribution in [3.05, 3.63) is 34.3 Å². The summed E-state index contributed by atoms with van der Waals surface area (Å²) in [4.78, 5) is 7.59. The smallest absolute Gasteiger partial charge is 0.191 e. The lowest BCUT2D eigenvalue weighted by molar-refractivity contribution is 0.197. The number of nitrogens with zero attached hydrogens (tertiary/aromatic N) is 2. The predicted molar refractivity (Wildman–Crippen MR) is 114 cm³/mol. The third-order valence-electron chi connectivity index (χ3n) is 5.51. The fourth-order valence-corrected chi connectivity index (χ4v) is 4.56. The van der Waals surface area contributed by atoms with E-state index in [0.717, 1.165) is 29.6 Å². The summed E-state index contributed by atoms with van der Waals surface area (Å²) in [6.07, 6.45) is 5.25. The predicted octanol–water partition coefficient (Wildman–Crippen LogP) is 3.91. The molecule has 5 heteroatoms. The summed E-state index contributed by atoms with van der Waals surface area (Å²) in [6, 6.07) is 9.89. The summed E-state index contributed by atoms with van der Waals surface area (Å²) in [6.45, 7) is 10.7. The van der Waals surface area contributed by atoms with E-state index in [0.29, 0.717) is 6.04 Å². The first kappa shape index (κ1) is 19.7. The van der Waals surface area contributed by atoms with E-state index in [1.165, 1.54) is 44.3 Å². The van der Waals surface area contributed by atoms with E-state index >= 15 is 0 Å². The third kappa shape index (κ3) is 5.23. The summed E-state index contributed by atoms with van der Waals surface area (Å²) < 4.78 is 1.16. The van der Waals surface area contributed by atoms with Crippen molar-refractivity contribution < 1.29 is 0 Å². The van der Waals surface area contributed by atoms with Gasteiger partial charge in [0.1, 0.15) is 0 Å². The van der Waals surface area contributed by atoms with Crippen LogP contribution in [0.3, 0.4) is 0 Å².